The van der Waals surface area contributed by atoms with Gasteiger partial charge in [0, 0.05) is 10.8 Å². The number of sulfone groups is 2. The van der Waals surface area contributed by atoms with Gasteiger partial charge in [0.2, 0.25) is 0 Å². The van der Waals surface area contributed by atoms with Gasteiger partial charge in [-0.2, -0.15) is 13.5 Å². The van der Waals surface area contributed by atoms with Gasteiger partial charge < -0.3 is 10.8 Å². The number of hydrogen-bond donors (Lipinski definition) is 3. The Bertz CT molecular complexity index is 2080. The first-order chi connectivity index (χ1) is 19.7. The van der Waals surface area contributed by atoms with Gasteiger partial charge >= 0.3 is 0 Å². The first kappa shape index (κ1) is 30.7. The molecule has 0 aromatic heterocycles. The average Bonchev–Trinajstić information content (AvgIpc) is 2.96. The quantitative estimate of drug-likeness (QED) is 0.115. The number of benzene rings is 4. The third-order valence-electron chi connectivity index (χ3n) is 6.21. The molecule has 0 amide bonds. The van der Waals surface area contributed by atoms with Crippen LogP contribution in [0.4, 0.5) is 28.4 Å². The molecule has 0 fully saturated rings. The zero-order valence-electron chi connectivity index (χ0n) is 22.2. The van der Waals surface area contributed by atoms with Crippen LogP contribution in [-0.2, 0) is 29.8 Å². The SMILES string of the molecule is CCS(=O)(=O)c1ccc(/N=N/c2c(N)ccc3c(O)c(/N=N/c4ccc(S(=O)(=O)CC)cc4S(=O)(=O)O)ccc23)cc1. The highest BCUT2D eigenvalue weighted by molar-refractivity contribution is 7.91. The maximum absolute atomic E-state index is 12.2. The van der Waals surface area contributed by atoms with E-state index in [0.29, 0.717) is 11.1 Å². The van der Waals surface area contributed by atoms with Gasteiger partial charge in [-0.15, -0.1) is 15.3 Å². The highest BCUT2D eigenvalue weighted by atomic mass is 32.2. The number of rotatable bonds is 9. The van der Waals surface area contributed by atoms with Crippen LogP contribution in [0, 0.1) is 0 Å². The second-order valence-corrected chi connectivity index (χ2v) is 14.8. The smallest absolute Gasteiger partial charge is 0.296 e. The third kappa shape index (κ3) is 6.30. The van der Waals surface area contributed by atoms with Crippen LogP contribution in [0.1, 0.15) is 13.8 Å². The minimum atomic E-state index is -4.87. The number of azo groups is 2. The number of aromatic hydroxyl groups is 1. The summed E-state index contributed by atoms with van der Waals surface area (Å²) in [5, 5.41) is 27.6. The van der Waals surface area contributed by atoms with Crippen molar-refractivity contribution in [2.75, 3.05) is 17.2 Å². The summed E-state index contributed by atoms with van der Waals surface area (Å²) in [4.78, 5) is -0.922. The van der Waals surface area contributed by atoms with Crippen LogP contribution in [0.3, 0.4) is 0 Å². The molecule has 0 saturated carbocycles. The number of hydrogen-bond acceptors (Lipinski definition) is 12. The monoisotopic (exact) mass is 631 g/mol. The number of phenolic OH excluding ortho intramolecular Hbond substituents is 1. The standard InChI is InChI=1S/C26H25N5O8S3/c1-3-40(33,34)17-7-5-16(6-8-17)28-31-25-19-11-14-23(26(32)20(19)10-12-21(25)27)30-29-22-13-9-18(41(35,36)4-2)15-24(22)42(37,38)39/h5-15,32H,3-4,27H2,1-2H3,(H,37,38,39)/b30-29+,31-28+. The predicted molar refractivity (Wildman–Crippen MR) is 157 cm³/mol. The number of fused-ring (bicyclic) bond motifs is 1. The lowest BCUT2D eigenvalue weighted by atomic mass is 10.1. The van der Waals surface area contributed by atoms with Crippen LogP contribution in [0.15, 0.2) is 102 Å². The van der Waals surface area contributed by atoms with E-state index in [4.69, 9.17) is 5.73 Å². The van der Waals surface area contributed by atoms with E-state index in [0.717, 1.165) is 18.2 Å². The lowest BCUT2D eigenvalue weighted by Gasteiger charge is -2.09. The second-order valence-electron chi connectivity index (χ2n) is 8.84. The van der Waals surface area contributed by atoms with Crippen LogP contribution < -0.4 is 5.73 Å². The summed E-state index contributed by atoms with van der Waals surface area (Å²) in [6.07, 6.45) is 0. The van der Waals surface area contributed by atoms with Gasteiger partial charge in [-0.05, 0) is 66.7 Å². The van der Waals surface area contributed by atoms with Crippen molar-refractivity contribution >= 4 is 69.0 Å². The van der Waals surface area contributed by atoms with E-state index >= 15 is 0 Å². The van der Waals surface area contributed by atoms with Crippen LogP contribution in [0.2, 0.25) is 0 Å². The van der Waals surface area contributed by atoms with E-state index < -0.39 is 34.7 Å². The fraction of sp³-hybridized carbons (Fsp3) is 0.154. The Hall–Kier alpha value is -4.25. The molecule has 13 nitrogen and oxygen atoms in total. The predicted octanol–water partition coefficient (Wildman–Crippen LogP) is 5.79. The molecule has 0 saturated heterocycles. The minimum absolute atomic E-state index is 0.0390. The molecular weight excluding hydrogens is 607 g/mol. The van der Waals surface area contributed by atoms with Gasteiger partial charge in [0.1, 0.15) is 22.0 Å². The lowest BCUT2D eigenvalue weighted by molar-refractivity contribution is 0.482. The number of anilines is 1. The number of nitrogen functional groups attached to an aromatic ring is 1. The van der Waals surface area contributed by atoms with Gasteiger partial charge in [-0.1, -0.05) is 13.8 Å². The van der Waals surface area contributed by atoms with Gasteiger partial charge in [-0.3, -0.25) is 4.55 Å². The molecule has 4 rings (SSSR count). The molecule has 0 aliphatic carbocycles. The summed E-state index contributed by atoms with van der Waals surface area (Å²) in [5.74, 6) is -0.672. The Labute approximate surface area is 242 Å². The normalized spacial score (nSPS) is 12.9. The third-order valence-corrected chi connectivity index (χ3v) is 10.6. The lowest BCUT2D eigenvalue weighted by Crippen LogP contribution is -2.06. The molecule has 0 spiro atoms. The summed E-state index contributed by atoms with van der Waals surface area (Å²) < 4.78 is 81.9. The minimum Gasteiger partial charge on any atom is -0.505 e. The molecule has 0 unspecified atom stereocenters. The topological polar surface area (TPSA) is 218 Å². The van der Waals surface area contributed by atoms with Crippen LogP contribution in [0.5, 0.6) is 5.75 Å². The molecular formula is C26H25N5O8S3. The fourth-order valence-electron chi connectivity index (χ4n) is 3.82. The van der Waals surface area contributed by atoms with Crippen molar-refractivity contribution in [3.05, 3.63) is 66.7 Å². The van der Waals surface area contributed by atoms with E-state index in [1.165, 1.54) is 55.5 Å². The molecule has 4 aromatic rings. The van der Waals surface area contributed by atoms with Gasteiger partial charge in [-0.25, -0.2) is 16.8 Å². The second kappa shape index (κ2) is 11.6. The Kier molecular flexibility index (Phi) is 8.45. The van der Waals surface area contributed by atoms with Crippen molar-refractivity contribution in [3.8, 4) is 5.75 Å². The van der Waals surface area contributed by atoms with Gasteiger partial charge in [0.15, 0.2) is 25.4 Å². The number of nitrogens with two attached hydrogens (primary N) is 1. The van der Waals surface area contributed by atoms with Crippen molar-refractivity contribution in [3.63, 3.8) is 0 Å². The molecule has 0 bridgehead atoms. The Morgan fingerprint density at radius 3 is 1.83 bits per heavy atom. The van der Waals surface area contributed by atoms with Crippen LogP contribution in [-0.4, -0.2) is 46.4 Å². The molecule has 0 radical (unpaired) electrons. The number of nitrogens with zero attached hydrogens (tertiary/aromatic N) is 4. The van der Waals surface area contributed by atoms with E-state index in [9.17, 15) is 34.9 Å². The molecule has 0 atom stereocenters. The molecule has 0 heterocycles. The Balaban J connectivity index is 1.71. The first-order valence-electron chi connectivity index (χ1n) is 12.2. The maximum Gasteiger partial charge on any atom is 0.296 e. The van der Waals surface area contributed by atoms with Crippen molar-refractivity contribution in [1.29, 1.82) is 0 Å². The first-order valence-corrected chi connectivity index (χ1v) is 17.0. The summed E-state index contributed by atoms with van der Waals surface area (Å²) in [5.41, 5.74) is 6.50. The van der Waals surface area contributed by atoms with E-state index in [2.05, 4.69) is 20.5 Å². The summed E-state index contributed by atoms with van der Waals surface area (Å²) in [7, 11) is -12.0. The van der Waals surface area contributed by atoms with Gasteiger partial charge in [0.05, 0.1) is 32.7 Å². The summed E-state index contributed by atoms with van der Waals surface area (Å²) in [6, 6.07) is 14.7. The molecule has 16 heteroatoms. The average molecular weight is 632 g/mol. The fourth-order valence-corrected chi connectivity index (χ4v) is 6.33. The van der Waals surface area contributed by atoms with Crippen LogP contribution >= 0.6 is 0 Å². The zero-order valence-corrected chi connectivity index (χ0v) is 24.6. The molecule has 42 heavy (non-hydrogen) atoms. The largest absolute Gasteiger partial charge is 0.505 e. The summed E-state index contributed by atoms with van der Waals surface area (Å²) in [6.45, 7) is 2.93. The van der Waals surface area contributed by atoms with E-state index in [1.807, 2.05) is 0 Å². The van der Waals surface area contributed by atoms with Gasteiger partial charge in [0.25, 0.3) is 10.1 Å². The molecule has 220 valence electrons. The summed E-state index contributed by atoms with van der Waals surface area (Å²) >= 11 is 0. The zero-order chi connectivity index (χ0) is 30.9. The highest BCUT2D eigenvalue weighted by Crippen LogP contribution is 2.42. The van der Waals surface area contributed by atoms with Crippen molar-refractivity contribution in [1.82, 2.24) is 0 Å². The maximum atomic E-state index is 12.2. The van der Waals surface area contributed by atoms with E-state index in [-0.39, 0.29) is 55.2 Å². The highest BCUT2D eigenvalue weighted by Gasteiger charge is 2.21. The Morgan fingerprint density at radius 1 is 0.667 bits per heavy atom. The number of phenols is 1. The molecule has 0 aliphatic heterocycles. The van der Waals surface area contributed by atoms with E-state index in [1.54, 1.807) is 6.92 Å². The molecule has 0 aliphatic rings. The molecule has 4 N–H and O–H groups in total. The van der Waals surface area contributed by atoms with Crippen molar-refractivity contribution < 1.29 is 34.9 Å². The molecule has 4 aromatic carbocycles. The van der Waals surface area contributed by atoms with Crippen molar-refractivity contribution in [2.45, 2.75) is 28.5 Å². The van der Waals surface area contributed by atoms with Crippen molar-refractivity contribution in [2.24, 2.45) is 20.5 Å². The Morgan fingerprint density at radius 2 is 1.21 bits per heavy atom. The van der Waals surface area contributed by atoms with Crippen LogP contribution in [0.25, 0.3) is 10.8 Å².